The van der Waals surface area contributed by atoms with Crippen LogP contribution in [-0.4, -0.2) is 16.9 Å². The molecule has 4 heteroatoms. The van der Waals surface area contributed by atoms with Gasteiger partial charge in [-0.25, -0.2) is 0 Å². The van der Waals surface area contributed by atoms with Crippen LogP contribution in [0, 0.1) is 0 Å². The summed E-state index contributed by atoms with van der Waals surface area (Å²) >= 11 is 0. The van der Waals surface area contributed by atoms with Crippen molar-refractivity contribution in [1.29, 1.82) is 0 Å². The number of nitrogens with one attached hydrogen (secondary N) is 2. The normalized spacial score (nSPS) is 11.8. The van der Waals surface area contributed by atoms with E-state index < -0.39 is 0 Å². The minimum atomic E-state index is -0.279. The molecule has 0 spiro atoms. The van der Waals surface area contributed by atoms with Gasteiger partial charge in [-0.15, -0.1) is 6.58 Å². The number of aromatic amines is 1. The van der Waals surface area contributed by atoms with E-state index in [0.717, 1.165) is 0 Å². The van der Waals surface area contributed by atoms with E-state index in [1.54, 1.807) is 18.2 Å². The standard InChI is InChI=1S/C11H14N2O2/c1-3-5-8(2)12-11(15)9-6-4-7-10(14)13-9/h3-4,6-8H,1,5H2,2H3,(H,12,15)(H,13,14). The molecule has 1 heterocycles. The number of H-pyrrole nitrogens is 1. The highest BCUT2D eigenvalue weighted by Gasteiger charge is 2.08. The number of pyridine rings is 1. The first-order chi connectivity index (χ1) is 7.13. The molecule has 0 saturated heterocycles. The van der Waals surface area contributed by atoms with E-state index in [1.165, 1.54) is 6.07 Å². The summed E-state index contributed by atoms with van der Waals surface area (Å²) in [7, 11) is 0. The lowest BCUT2D eigenvalue weighted by molar-refractivity contribution is 0.0935. The third-order valence-electron chi connectivity index (χ3n) is 1.91. The van der Waals surface area contributed by atoms with Gasteiger partial charge in [0.25, 0.3) is 5.91 Å². The summed E-state index contributed by atoms with van der Waals surface area (Å²) in [4.78, 5) is 25.0. The first kappa shape index (κ1) is 11.2. The molecule has 1 amide bonds. The van der Waals surface area contributed by atoms with Crippen molar-refractivity contribution < 1.29 is 4.79 Å². The van der Waals surface area contributed by atoms with Crippen LogP contribution in [0.25, 0.3) is 0 Å². The van der Waals surface area contributed by atoms with Crippen molar-refractivity contribution in [1.82, 2.24) is 10.3 Å². The first-order valence-electron chi connectivity index (χ1n) is 4.74. The minimum Gasteiger partial charge on any atom is -0.348 e. The molecular formula is C11H14N2O2. The van der Waals surface area contributed by atoms with Crippen molar-refractivity contribution in [3.63, 3.8) is 0 Å². The van der Waals surface area contributed by atoms with Gasteiger partial charge in [0.1, 0.15) is 5.69 Å². The third-order valence-corrected chi connectivity index (χ3v) is 1.91. The fourth-order valence-electron chi connectivity index (χ4n) is 1.19. The Morgan fingerprint density at radius 3 is 3.00 bits per heavy atom. The molecule has 0 aromatic carbocycles. The fraction of sp³-hybridized carbons (Fsp3) is 0.273. The Bertz CT molecular complexity index is 409. The maximum atomic E-state index is 11.6. The number of rotatable bonds is 4. The number of hydrogen-bond acceptors (Lipinski definition) is 2. The SMILES string of the molecule is C=CCC(C)NC(=O)c1cccc(=O)[nH]1. The Labute approximate surface area is 88.0 Å². The molecular weight excluding hydrogens is 192 g/mol. The second-order valence-corrected chi connectivity index (χ2v) is 3.33. The molecule has 1 aromatic heterocycles. The fourth-order valence-corrected chi connectivity index (χ4v) is 1.19. The molecule has 0 radical (unpaired) electrons. The van der Waals surface area contributed by atoms with Gasteiger partial charge in [0.05, 0.1) is 0 Å². The second-order valence-electron chi connectivity index (χ2n) is 3.33. The molecule has 1 rings (SSSR count). The highest BCUT2D eigenvalue weighted by atomic mass is 16.2. The number of carbonyl (C=O) groups excluding carboxylic acids is 1. The molecule has 80 valence electrons. The molecule has 0 aliphatic carbocycles. The van der Waals surface area contributed by atoms with Crippen LogP contribution in [0.15, 0.2) is 35.6 Å². The Morgan fingerprint density at radius 1 is 1.67 bits per heavy atom. The van der Waals surface area contributed by atoms with Crippen LogP contribution >= 0.6 is 0 Å². The van der Waals surface area contributed by atoms with Crippen LogP contribution in [-0.2, 0) is 0 Å². The Morgan fingerprint density at radius 2 is 2.40 bits per heavy atom. The smallest absolute Gasteiger partial charge is 0.268 e. The van der Waals surface area contributed by atoms with E-state index in [2.05, 4.69) is 16.9 Å². The van der Waals surface area contributed by atoms with Crippen LogP contribution in [0.3, 0.4) is 0 Å². The Balaban J connectivity index is 2.69. The largest absolute Gasteiger partial charge is 0.348 e. The molecule has 4 nitrogen and oxygen atoms in total. The molecule has 1 atom stereocenters. The van der Waals surface area contributed by atoms with Gasteiger partial charge in [-0.05, 0) is 19.4 Å². The first-order valence-corrected chi connectivity index (χ1v) is 4.74. The lowest BCUT2D eigenvalue weighted by atomic mass is 10.2. The van der Waals surface area contributed by atoms with Gasteiger partial charge in [0.2, 0.25) is 5.56 Å². The number of hydrogen-bond donors (Lipinski definition) is 2. The molecule has 0 fully saturated rings. The second kappa shape index (κ2) is 5.14. The van der Waals surface area contributed by atoms with Gasteiger partial charge in [-0.1, -0.05) is 12.1 Å². The van der Waals surface area contributed by atoms with Crippen LogP contribution in [0.4, 0.5) is 0 Å². The molecule has 1 unspecified atom stereocenters. The third kappa shape index (κ3) is 3.42. The van der Waals surface area contributed by atoms with Crippen LogP contribution < -0.4 is 10.9 Å². The molecule has 0 aliphatic heterocycles. The summed E-state index contributed by atoms with van der Waals surface area (Å²) < 4.78 is 0. The Hall–Kier alpha value is -1.84. The van der Waals surface area contributed by atoms with Gasteiger partial charge >= 0.3 is 0 Å². The van der Waals surface area contributed by atoms with E-state index in [9.17, 15) is 9.59 Å². The summed E-state index contributed by atoms with van der Waals surface area (Å²) in [5.41, 5.74) is -0.00237. The average molecular weight is 206 g/mol. The van der Waals surface area contributed by atoms with Crippen molar-refractivity contribution in [2.45, 2.75) is 19.4 Å². The van der Waals surface area contributed by atoms with E-state index in [4.69, 9.17) is 0 Å². The summed E-state index contributed by atoms with van der Waals surface area (Å²) in [6, 6.07) is 4.49. The van der Waals surface area contributed by atoms with Crippen LogP contribution in [0.5, 0.6) is 0 Å². The van der Waals surface area contributed by atoms with Gasteiger partial charge in [0, 0.05) is 12.1 Å². The van der Waals surface area contributed by atoms with Crippen molar-refractivity contribution in [3.8, 4) is 0 Å². The predicted octanol–water partition coefficient (Wildman–Crippen LogP) is 1.07. The zero-order valence-corrected chi connectivity index (χ0v) is 8.62. The summed E-state index contributed by atoms with van der Waals surface area (Å²) in [5, 5.41) is 2.74. The topological polar surface area (TPSA) is 62.0 Å². The highest BCUT2D eigenvalue weighted by Crippen LogP contribution is 1.95. The zero-order chi connectivity index (χ0) is 11.3. The quantitative estimate of drug-likeness (QED) is 0.724. The molecule has 0 saturated carbocycles. The molecule has 1 aromatic rings. The summed E-state index contributed by atoms with van der Waals surface area (Å²) in [6.45, 7) is 5.46. The maximum absolute atomic E-state index is 11.6. The van der Waals surface area contributed by atoms with Gasteiger partial charge < -0.3 is 10.3 Å². The van der Waals surface area contributed by atoms with Gasteiger partial charge in [-0.3, -0.25) is 9.59 Å². The van der Waals surface area contributed by atoms with Crippen molar-refractivity contribution in [2.24, 2.45) is 0 Å². The van der Waals surface area contributed by atoms with Gasteiger partial charge in [-0.2, -0.15) is 0 Å². The van der Waals surface area contributed by atoms with Crippen molar-refractivity contribution in [3.05, 3.63) is 46.9 Å². The minimum absolute atomic E-state index is 0.0127. The lowest BCUT2D eigenvalue weighted by Gasteiger charge is -2.10. The molecule has 15 heavy (non-hydrogen) atoms. The van der Waals surface area contributed by atoms with Crippen LogP contribution in [0.2, 0.25) is 0 Å². The predicted molar refractivity (Wildman–Crippen MR) is 58.8 cm³/mol. The molecule has 2 N–H and O–H groups in total. The zero-order valence-electron chi connectivity index (χ0n) is 8.62. The Kier molecular flexibility index (Phi) is 3.85. The van der Waals surface area contributed by atoms with Crippen molar-refractivity contribution in [2.75, 3.05) is 0 Å². The van der Waals surface area contributed by atoms with E-state index in [0.29, 0.717) is 6.42 Å². The summed E-state index contributed by atoms with van der Waals surface area (Å²) in [6.07, 6.45) is 2.43. The van der Waals surface area contributed by atoms with E-state index >= 15 is 0 Å². The average Bonchev–Trinajstić information content (AvgIpc) is 2.18. The molecule has 0 aliphatic rings. The number of aromatic nitrogens is 1. The van der Waals surface area contributed by atoms with E-state index in [-0.39, 0.29) is 23.2 Å². The monoisotopic (exact) mass is 206 g/mol. The number of carbonyl (C=O) groups is 1. The highest BCUT2D eigenvalue weighted by molar-refractivity contribution is 5.92. The summed E-state index contributed by atoms with van der Waals surface area (Å²) in [5.74, 6) is -0.276. The van der Waals surface area contributed by atoms with Gasteiger partial charge in [0.15, 0.2) is 0 Å². The molecule has 0 bridgehead atoms. The number of amides is 1. The maximum Gasteiger partial charge on any atom is 0.268 e. The lowest BCUT2D eigenvalue weighted by Crippen LogP contribution is -2.33. The van der Waals surface area contributed by atoms with Crippen LogP contribution in [0.1, 0.15) is 23.8 Å². The van der Waals surface area contributed by atoms with E-state index in [1.807, 2.05) is 6.92 Å². The van der Waals surface area contributed by atoms with Crippen molar-refractivity contribution >= 4 is 5.91 Å².